The number of hydrazine groups is 1. The van der Waals surface area contributed by atoms with Crippen LogP contribution in [-0.2, 0) is 6.54 Å². The number of aromatic nitrogens is 4. The van der Waals surface area contributed by atoms with E-state index in [-0.39, 0.29) is 0 Å². The minimum atomic E-state index is -0.432. The molecule has 1 atom stereocenters. The molecule has 0 radical (unpaired) electrons. The molecule has 2 heterocycles. The number of benzene rings is 3. The van der Waals surface area contributed by atoms with Crippen LogP contribution in [0.15, 0.2) is 77.8 Å². The van der Waals surface area contributed by atoms with Crippen molar-refractivity contribution in [1.82, 2.24) is 31.1 Å². The summed E-state index contributed by atoms with van der Waals surface area (Å²) in [7, 11) is 0. The number of tetrazole rings is 1. The molecule has 1 aromatic heterocycles. The SMILES string of the molecule is O=C(N=C1SC(Cl)NN1Cc1ccc(-c2ccccc2-c2nn[nH]n2)cc1)c1ccccc1Cl. The maximum absolute atomic E-state index is 12.7. The lowest BCUT2D eigenvalue weighted by atomic mass is 9.98. The molecule has 1 aliphatic rings. The third kappa shape index (κ3) is 4.83. The first-order valence-electron chi connectivity index (χ1n) is 10.2. The fraction of sp³-hybridized carbons (Fsp3) is 0.0870. The van der Waals surface area contributed by atoms with Crippen LogP contribution in [-0.4, -0.2) is 41.5 Å². The fourth-order valence-electron chi connectivity index (χ4n) is 3.52. The number of amidine groups is 1. The molecule has 4 aromatic rings. The van der Waals surface area contributed by atoms with Gasteiger partial charge in [0.05, 0.1) is 17.1 Å². The number of H-pyrrole nitrogens is 1. The van der Waals surface area contributed by atoms with Crippen molar-refractivity contribution in [2.45, 2.75) is 11.4 Å². The van der Waals surface area contributed by atoms with Crippen LogP contribution >= 0.6 is 35.0 Å². The molecule has 8 nitrogen and oxygen atoms in total. The Bertz CT molecular complexity index is 1350. The average Bonchev–Trinajstić information content (AvgIpc) is 3.50. The highest BCUT2D eigenvalue weighted by molar-refractivity contribution is 8.15. The number of carbonyl (C=O) groups excluding carboxylic acids is 1. The highest BCUT2D eigenvalue weighted by atomic mass is 35.5. The van der Waals surface area contributed by atoms with E-state index in [1.54, 1.807) is 29.3 Å². The molecular formula is C23H17Cl2N7OS. The van der Waals surface area contributed by atoms with Crippen LogP contribution in [0, 0.1) is 0 Å². The molecule has 5 rings (SSSR count). The predicted molar refractivity (Wildman–Crippen MR) is 134 cm³/mol. The number of hydrogen-bond acceptors (Lipinski definition) is 6. The number of nitrogens with one attached hydrogen (secondary N) is 2. The predicted octanol–water partition coefficient (Wildman–Crippen LogP) is 4.96. The standard InChI is InChI=1S/C23H17Cl2N7OS/c24-19-8-4-3-7-18(19)21(33)26-23-32(29-22(25)34-23)13-14-9-11-15(12-10-14)16-5-1-2-6-17(16)20-27-30-31-28-20/h1-12,22,29H,13H2,(H,27,28,30,31). The zero-order valence-electron chi connectivity index (χ0n) is 17.5. The lowest BCUT2D eigenvalue weighted by molar-refractivity contribution is 0.100. The monoisotopic (exact) mass is 509 g/mol. The van der Waals surface area contributed by atoms with Crippen LogP contribution in [0.2, 0.25) is 5.02 Å². The number of halogens is 2. The highest BCUT2D eigenvalue weighted by Crippen LogP contribution is 2.31. The molecule has 2 N–H and O–H groups in total. The number of alkyl halides is 1. The Morgan fingerprint density at radius 1 is 1.03 bits per heavy atom. The Labute approximate surface area is 209 Å². The molecule has 11 heteroatoms. The Balaban J connectivity index is 1.36. The number of rotatable bonds is 5. The van der Waals surface area contributed by atoms with Crippen LogP contribution in [0.3, 0.4) is 0 Å². The van der Waals surface area contributed by atoms with Crippen molar-refractivity contribution in [1.29, 1.82) is 0 Å². The van der Waals surface area contributed by atoms with E-state index in [4.69, 9.17) is 23.2 Å². The third-order valence-electron chi connectivity index (χ3n) is 5.12. The first kappa shape index (κ1) is 22.5. The third-order valence-corrected chi connectivity index (χ3v) is 6.65. The summed E-state index contributed by atoms with van der Waals surface area (Å²) in [6.07, 6.45) is 0. The van der Waals surface area contributed by atoms with E-state index in [0.29, 0.717) is 28.1 Å². The number of carbonyl (C=O) groups is 1. The second-order valence-corrected chi connectivity index (χ2v) is 9.48. The number of amides is 1. The van der Waals surface area contributed by atoms with Gasteiger partial charge in [0, 0.05) is 5.56 Å². The maximum atomic E-state index is 12.7. The number of hydrogen-bond donors (Lipinski definition) is 2. The Morgan fingerprint density at radius 3 is 2.50 bits per heavy atom. The van der Waals surface area contributed by atoms with E-state index in [1.165, 1.54) is 11.8 Å². The van der Waals surface area contributed by atoms with Gasteiger partial charge in [0.25, 0.3) is 5.91 Å². The molecular weight excluding hydrogens is 493 g/mol. The molecule has 3 aromatic carbocycles. The van der Waals surface area contributed by atoms with E-state index in [1.807, 2.05) is 48.5 Å². The summed E-state index contributed by atoms with van der Waals surface area (Å²) in [6.45, 7) is 0.470. The molecule has 0 bridgehead atoms. The molecule has 170 valence electrons. The van der Waals surface area contributed by atoms with Gasteiger partial charge in [-0.05, 0) is 45.8 Å². The van der Waals surface area contributed by atoms with E-state index in [9.17, 15) is 4.79 Å². The van der Waals surface area contributed by atoms with Crippen molar-refractivity contribution in [3.63, 3.8) is 0 Å². The summed E-state index contributed by atoms with van der Waals surface area (Å²) in [5.74, 6) is 0.120. The second kappa shape index (κ2) is 9.94. The zero-order chi connectivity index (χ0) is 23.5. The van der Waals surface area contributed by atoms with E-state index in [0.717, 1.165) is 22.3 Å². The summed E-state index contributed by atoms with van der Waals surface area (Å²) in [5, 5.41) is 17.0. The van der Waals surface area contributed by atoms with Crippen LogP contribution < -0.4 is 5.43 Å². The topological polar surface area (TPSA) is 99.2 Å². The zero-order valence-corrected chi connectivity index (χ0v) is 19.8. The fourth-order valence-corrected chi connectivity index (χ4v) is 4.84. The summed E-state index contributed by atoms with van der Waals surface area (Å²) in [5.41, 5.74) is 7.38. The Hall–Kier alpha value is -3.24. The molecule has 0 aliphatic carbocycles. The van der Waals surface area contributed by atoms with E-state index < -0.39 is 10.7 Å². The quantitative estimate of drug-likeness (QED) is 0.289. The van der Waals surface area contributed by atoms with Gasteiger partial charge in [-0.3, -0.25) is 9.80 Å². The molecule has 1 saturated heterocycles. The summed E-state index contributed by atoms with van der Waals surface area (Å²) in [6, 6.07) is 22.8. The molecule has 0 spiro atoms. The van der Waals surface area contributed by atoms with Crippen molar-refractivity contribution in [2.24, 2.45) is 4.99 Å². The van der Waals surface area contributed by atoms with Crippen LogP contribution in [0.1, 0.15) is 15.9 Å². The van der Waals surface area contributed by atoms with Gasteiger partial charge in [-0.25, -0.2) is 5.43 Å². The van der Waals surface area contributed by atoms with Crippen molar-refractivity contribution in [3.8, 4) is 22.5 Å². The maximum Gasteiger partial charge on any atom is 0.280 e. The van der Waals surface area contributed by atoms with E-state index in [2.05, 4.69) is 31.0 Å². The van der Waals surface area contributed by atoms with Gasteiger partial charge in [-0.2, -0.15) is 10.2 Å². The van der Waals surface area contributed by atoms with Gasteiger partial charge < -0.3 is 0 Å². The first-order chi connectivity index (χ1) is 16.6. The molecule has 0 saturated carbocycles. The number of aliphatic imine (C=N–C) groups is 1. The Morgan fingerprint density at radius 2 is 1.76 bits per heavy atom. The van der Waals surface area contributed by atoms with Crippen LogP contribution in [0.25, 0.3) is 22.5 Å². The molecule has 1 aliphatic heterocycles. The molecule has 1 amide bonds. The van der Waals surface area contributed by atoms with E-state index >= 15 is 0 Å². The van der Waals surface area contributed by atoms with Gasteiger partial charge in [-0.15, -0.1) is 10.2 Å². The highest BCUT2D eigenvalue weighted by Gasteiger charge is 2.28. The molecule has 1 unspecified atom stereocenters. The smallest absolute Gasteiger partial charge is 0.280 e. The Kier molecular flexibility index (Phi) is 6.59. The molecule has 34 heavy (non-hydrogen) atoms. The largest absolute Gasteiger partial charge is 0.280 e. The number of aromatic amines is 1. The van der Waals surface area contributed by atoms with Crippen molar-refractivity contribution >= 4 is 46.0 Å². The first-order valence-corrected chi connectivity index (χ1v) is 11.9. The van der Waals surface area contributed by atoms with Gasteiger partial charge in [-0.1, -0.05) is 83.9 Å². The lowest BCUT2D eigenvalue weighted by Gasteiger charge is -2.18. The number of nitrogens with zero attached hydrogens (tertiary/aromatic N) is 5. The second-order valence-electron chi connectivity index (χ2n) is 7.31. The van der Waals surface area contributed by atoms with Crippen molar-refractivity contribution in [3.05, 3.63) is 88.9 Å². The van der Waals surface area contributed by atoms with Gasteiger partial charge in [0.15, 0.2) is 10.0 Å². The minimum absolute atomic E-state index is 0.347. The lowest BCUT2D eigenvalue weighted by Crippen LogP contribution is -2.35. The van der Waals surface area contributed by atoms with Crippen LogP contribution in [0.5, 0.6) is 0 Å². The number of thioether (sulfide) groups is 1. The van der Waals surface area contributed by atoms with Crippen molar-refractivity contribution < 1.29 is 4.79 Å². The van der Waals surface area contributed by atoms with Crippen LogP contribution in [0.4, 0.5) is 0 Å². The minimum Gasteiger partial charge on any atom is -0.280 e. The average molecular weight is 510 g/mol. The van der Waals surface area contributed by atoms with Crippen molar-refractivity contribution in [2.75, 3.05) is 0 Å². The van der Waals surface area contributed by atoms with Gasteiger partial charge >= 0.3 is 0 Å². The van der Waals surface area contributed by atoms with Gasteiger partial charge in [0.2, 0.25) is 5.82 Å². The summed E-state index contributed by atoms with van der Waals surface area (Å²) < 4.78 is 0. The summed E-state index contributed by atoms with van der Waals surface area (Å²) in [4.78, 5) is 16.5. The normalized spacial score (nSPS) is 16.8. The molecule has 1 fully saturated rings. The van der Waals surface area contributed by atoms with Gasteiger partial charge in [0.1, 0.15) is 0 Å². The summed E-state index contributed by atoms with van der Waals surface area (Å²) >= 11 is 13.7.